The fraction of sp³-hybridized carbons (Fsp3) is 0.929. The maximum Gasteiger partial charge on any atom is 0.236 e. The van der Waals surface area contributed by atoms with Crippen LogP contribution in [0.15, 0.2) is 0 Å². The molecule has 2 aliphatic heterocycles. The number of rotatable bonds is 5. The lowest BCUT2D eigenvalue weighted by molar-refractivity contribution is -0.137. The zero-order valence-corrected chi connectivity index (χ0v) is 15.1. The maximum absolute atomic E-state index is 12.2. The number of carbonyl (C=O) groups excluding carboxylic acids is 1. The molecule has 0 saturated carbocycles. The number of carbonyl (C=O) groups is 1. The first kappa shape index (κ1) is 21.9. The van der Waals surface area contributed by atoms with Crippen molar-refractivity contribution in [2.24, 2.45) is 0 Å². The first-order chi connectivity index (χ1) is 9.66. The average molecular weight is 358 g/mol. The quantitative estimate of drug-likeness (QED) is 0.771. The number of ether oxygens (including phenoxy) is 2. The van der Waals surface area contributed by atoms with Gasteiger partial charge in [-0.2, -0.15) is 0 Å². The van der Waals surface area contributed by atoms with Crippen LogP contribution in [0.1, 0.15) is 12.8 Å². The number of likely N-dealkylation sites (N-methyl/N-ethyl adjacent to an activating group) is 2. The van der Waals surface area contributed by atoms with Gasteiger partial charge >= 0.3 is 0 Å². The van der Waals surface area contributed by atoms with Gasteiger partial charge in [-0.25, -0.2) is 0 Å². The molecular weight excluding hydrogens is 329 g/mol. The topological polar surface area (TPSA) is 54.0 Å². The molecular formula is C14H29Cl2N3O3. The lowest BCUT2D eigenvalue weighted by Crippen LogP contribution is -2.47. The van der Waals surface area contributed by atoms with E-state index in [4.69, 9.17) is 9.47 Å². The Morgan fingerprint density at radius 1 is 1.18 bits per heavy atom. The van der Waals surface area contributed by atoms with Crippen molar-refractivity contribution in [2.45, 2.75) is 25.0 Å². The van der Waals surface area contributed by atoms with E-state index in [1.54, 1.807) is 4.90 Å². The normalized spacial score (nSPS) is 22.6. The van der Waals surface area contributed by atoms with Gasteiger partial charge in [0.15, 0.2) is 0 Å². The molecule has 2 saturated heterocycles. The molecule has 0 aromatic rings. The third-order valence-electron chi connectivity index (χ3n) is 4.10. The van der Waals surface area contributed by atoms with Crippen molar-refractivity contribution in [1.82, 2.24) is 15.1 Å². The summed E-state index contributed by atoms with van der Waals surface area (Å²) in [5, 5.41) is 3.35. The molecule has 0 aromatic heterocycles. The molecule has 8 heteroatoms. The Bertz CT molecular complexity index is 312. The molecule has 2 fully saturated rings. The van der Waals surface area contributed by atoms with Crippen LogP contribution in [0.4, 0.5) is 0 Å². The highest BCUT2D eigenvalue weighted by Crippen LogP contribution is 2.10. The molecule has 2 rings (SSSR count). The Morgan fingerprint density at radius 3 is 2.45 bits per heavy atom. The van der Waals surface area contributed by atoms with Gasteiger partial charge in [0.1, 0.15) is 0 Å². The van der Waals surface area contributed by atoms with E-state index in [9.17, 15) is 4.79 Å². The third-order valence-corrected chi connectivity index (χ3v) is 4.10. The molecule has 1 unspecified atom stereocenters. The number of hydrogen-bond acceptors (Lipinski definition) is 5. The molecule has 1 atom stereocenters. The van der Waals surface area contributed by atoms with Gasteiger partial charge in [-0.3, -0.25) is 9.69 Å². The summed E-state index contributed by atoms with van der Waals surface area (Å²) in [7, 11) is 3.89. The van der Waals surface area contributed by atoms with E-state index >= 15 is 0 Å². The van der Waals surface area contributed by atoms with Crippen LogP contribution in [0.25, 0.3) is 0 Å². The minimum Gasteiger partial charge on any atom is -0.376 e. The molecule has 0 bridgehead atoms. The highest BCUT2D eigenvalue weighted by molar-refractivity contribution is 5.85. The second-order valence-electron chi connectivity index (χ2n) is 5.74. The van der Waals surface area contributed by atoms with Crippen LogP contribution in [0.2, 0.25) is 0 Å². The van der Waals surface area contributed by atoms with Crippen molar-refractivity contribution in [2.75, 3.05) is 60.1 Å². The fourth-order valence-corrected chi connectivity index (χ4v) is 2.76. The van der Waals surface area contributed by atoms with E-state index in [-0.39, 0.29) is 36.8 Å². The van der Waals surface area contributed by atoms with Crippen LogP contribution >= 0.6 is 24.8 Å². The summed E-state index contributed by atoms with van der Waals surface area (Å²) >= 11 is 0. The van der Waals surface area contributed by atoms with Gasteiger partial charge in [0, 0.05) is 19.6 Å². The number of piperidine rings is 1. The molecule has 6 nitrogen and oxygen atoms in total. The second kappa shape index (κ2) is 11.4. The zero-order valence-electron chi connectivity index (χ0n) is 13.5. The van der Waals surface area contributed by atoms with E-state index in [1.165, 1.54) is 0 Å². The summed E-state index contributed by atoms with van der Waals surface area (Å²) in [6.45, 7) is 5.06. The van der Waals surface area contributed by atoms with Crippen molar-refractivity contribution in [3.63, 3.8) is 0 Å². The fourth-order valence-electron chi connectivity index (χ4n) is 2.76. The number of nitrogens with zero attached hydrogens (tertiary/aromatic N) is 2. The first-order valence-corrected chi connectivity index (χ1v) is 7.51. The smallest absolute Gasteiger partial charge is 0.236 e. The maximum atomic E-state index is 12.2. The summed E-state index contributed by atoms with van der Waals surface area (Å²) in [5.41, 5.74) is 0. The van der Waals surface area contributed by atoms with Crippen LogP contribution in [-0.4, -0.2) is 87.9 Å². The van der Waals surface area contributed by atoms with E-state index in [0.29, 0.717) is 39.0 Å². The molecule has 2 aliphatic rings. The van der Waals surface area contributed by atoms with Gasteiger partial charge in [0.25, 0.3) is 0 Å². The van der Waals surface area contributed by atoms with Gasteiger partial charge in [0.05, 0.1) is 32.5 Å². The Hall–Kier alpha value is -0.110. The number of halogens is 2. The average Bonchev–Trinajstić information content (AvgIpc) is 2.49. The number of amides is 1. The summed E-state index contributed by atoms with van der Waals surface area (Å²) in [6, 6.07) is 0.517. The largest absolute Gasteiger partial charge is 0.376 e. The molecule has 132 valence electrons. The number of hydrogen-bond donors (Lipinski definition) is 1. The molecule has 0 aromatic carbocycles. The van der Waals surface area contributed by atoms with E-state index in [0.717, 1.165) is 25.9 Å². The third kappa shape index (κ3) is 6.98. The first-order valence-electron chi connectivity index (χ1n) is 7.51. The second-order valence-corrected chi connectivity index (χ2v) is 5.74. The Morgan fingerprint density at radius 2 is 1.86 bits per heavy atom. The van der Waals surface area contributed by atoms with Crippen molar-refractivity contribution in [3.8, 4) is 0 Å². The van der Waals surface area contributed by atoms with Crippen molar-refractivity contribution >= 4 is 30.7 Å². The predicted octanol–water partition coefficient (Wildman–Crippen LogP) is 0.388. The van der Waals surface area contributed by atoms with Crippen LogP contribution in [-0.2, 0) is 14.3 Å². The Kier molecular flexibility index (Phi) is 11.4. The van der Waals surface area contributed by atoms with Gasteiger partial charge in [0.2, 0.25) is 5.91 Å². The number of nitrogens with one attached hydrogen (secondary N) is 1. The molecule has 1 amide bonds. The van der Waals surface area contributed by atoms with Crippen molar-refractivity contribution < 1.29 is 14.3 Å². The van der Waals surface area contributed by atoms with E-state index in [2.05, 4.69) is 10.2 Å². The summed E-state index contributed by atoms with van der Waals surface area (Å²) in [6.07, 6.45) is 2.25. The summed E-state index contributed by atoms with van der Waals surface area (Å²) in [5.74, 6) is 0.153. The van der Waals surface area contributed by atoms with Crippen LogP contribution in [0, 0.1) is 0 Å². The molecule has 0 spiro atoms. The SMILES string of the molecule is CN(CC1COCCO1)C(=O)CN(C)C1CCNCC1.Cl.Cl. The lowest BCUT2D eigenvalue weighted by atomic mass is 10.1. The van der Waals surface area contributed by atoms with Crippen LogP contribution in [0.3, 0.4) is 0 Å². The molecule has 22 heavy (non-hydrogen) atoms. The summed E-state index contributed by atoms with van der Waals surface area (Å²) in [4.78, 5) is 16.2. The van der Waals surface area contributed by atoms with Crippen LogP contribution < -0.4 is 5.32 Å². The lowest BCUT2D eigenvalue weighted by Gasteiger charge is -2.33. The Labute approximate surface area is 145 Å². The van der Waals surface area contributed by atoms with Crippen molar-refractivity contribution in [1.29, 1.82) is 0 Å². The van der Waals surface area contributed by atoms with E-state index in [1.807, 2.05) is 14.1 Å². The van der Waals surface area contributed by atoms with Crippen molar-refractivity contribution in [3.05, 3.63) is 0 Å². The van der Waals surface area contributed by atoms with Gasteiger partial charge in [-0.1, -0.05) is 0 Å². The minimum absolute atomic E-state index is 0. The van der Waals surface area contributed by atoms with E-state index < -0.39 is 0 Å². The monoisotopic (exact) mass is 357 g/mol. The standard InChI is InChI=1S/C14H27N3O3.2ClH/c1-16(12-3-5-15-6-4-12)10-14(18)17(2)9-13-11-19-7-8-20-13;;/h12-13,15H,3-11H2,1-2H3;2*1H. The van der Waals surface area contributed by atoms with Gasteiger partial charge in [-0.15, -0.1) is 24.8 Å². The molecule has 1 N–H and O–H groups in total. The highest BCUT2D eigenvalue weighted by atomic mass is 35.5. The Balaban J connectivity index is 0.00000220. The van der Waals surface area contributed by atoms with Gasteiger partial charge in [-0.05, 0) is 33.0 Å². The highest BCUT2D eigenvalue weighted by Gasteiger charge is 2.23. The van der Waals surface area contributed by atoms with Crippen LogP contribution in [0.5, 0.6) is 0 Å². The molecule has 0 radical (unpaired) electrons. The predicted molar refractivity (Wildman–Crippen MR) is 91.2 cm³/mol. The summed E-state index contributed by atoms with van der Waals surface area (Å²) < 4.78 is 10.9. The minimum atomic E-state index is 0. The molecule has 0 aliphatic carbocycles. The zero-order chi connectivity index (χ0) is 14.4. The molecule has 2 heterocycles. The van der Waals surface area contributed by atoms with Gasteiger partial charge < -0.3 is 19.7 Å².